The SMILES string of the molecule is C[C@@H]1Cc2c([nH]c3ccccc23)[C@@H](c2ccc(O[C@@H]3CCN(CCCF)C3)cc2)N1C12CCC1CC2. The number of aromatic nitrogens is 1. The standard InChI is InChI=1S/C31H38FN3O/c1-21-19-27-26-5-2-3-6-28(26)33-29(27)30(35(21)31-14-11-23(31)12-15-31)22-7-9-24(10-8-22)36-25-13-18-34(20-25)17-4-16-32/h2-3,5-10,21,23,25,30,33H,4,11-20H2,1H3/t21-,23?,25-,30-,31?/m1/s1. The summed E-state index contributed by atoms with van der Waals surface area (Å²) >= 11 is 0. The number of benzene rings is 2. The molecule has 2 aliphatic carbocycles. The number of H-pyrrole nitrogens is 1. The number of likely N-dealkylation sites (tertiary alicyclic amines) is 1. The van der Waals surface area contributed by atoms with E-state index in [1.807, 2.05) is 0 Å². The van der Waals surface area contributed by atoms with E-state index < -0.39 is 0 Å². The van der Waals surface area contributed by atoms with E-state index in [9.17, 15) is 4.39 Å². The van der Waals surface area contributed by atoms with Gasteiger partial charge in [0.2, 0.25) is 0 Å². The van der Waals surface area contributed by atoms with Gasteiger partial charge in [-0.15, -0.1) is 0 Å². The largest absolute Gasteiger partial charge is 0.489 e. The van der Waals surface area contributed by atoms with Crippen LogP contribution in [-0.4, -0.2) is 58.8 Å². The van der Waals surface area contributed by atoms with Crippen molar-refractivity contribution in [3.05, 3.63) is 65.4 Å². The van der Waals surface area contributed by atoms with E-state index in [1.165, 1.54) is 53.4 Å². The van der Waals surface area contributed by atoms with Crippen LogP contribution in [0.4, 0.5) is 4.39 Å². The number of fused-ring (bicyclic) bond motifs is 4. The van der Waals surface area contributed by atoms with Gasteiger partial charge >= 0.3 is 0 Å². The first-order valence-electron chi connectivity index (χ1n) is 14.1. The van der Waals surface area contributed by atoms with Crippen molar-refractivity contribution in [2.75, 3.05) is 26.3 Å². The van der Waals surface area contributed by atoms with Crippen LogP contribution in [0.5, 0.6) is 5.75 Å². The number of nitrogens with one attached hydrogen (secondary N) is 1. The predicted octanol–water partition coefficient (Wildman–Crippen LogP) is 6.26. The molecular weight excluding hydrogens is 449 g/mol. The Morgan fingerprint density at radius 1 is 1.06 bits per heavy atom. The third-order valence-corrected chi connectivity index (χ3v) is 9.83. The summed E-state index contributed by atoms with van der Waals surface area (Å²) in [7, 11) is 0. The lowest BCUT2D eigenvalue weighted by molar-refractivity contribution is -0.153. The van der Waals surface area contributed by atoms with Gasteiger partial charge in [-0.3, -0.25) is 14.2 Å². The molecule has 0 amide bonds. The molecule has 2 aromatic carbocycles. The molecule has 3 fully saturated rings. The summed E-state index contributed by atoms with van der Waals surface area (Å²) in [4.78, 5) is 9.09. The Morgan fingerprint density at radius 3 is 2.58 bits per heavy atom. The first kappa shape index (κ1) is 22.8. The molecule has 36 heavy (non-hydrogen) atoms. The number of hydrogen-bond donors (Lipinski definition) is 1. The summed E-state index contributed by atoms with van der Waals surface area (Å²) in [6.45, 7) is 4.95. The molecule has 1 saturated heterocycles. The zero-order chi connectivity index (χ0) is 24.3. The fraction of sp³-hybridized carbons (Fsp3) is 0.548. The van der Waals surface area contributed by atoms with Crippen LogP contribution >= 0.6 is 0 Å². The lowest BCUT2D eigenvalue weighted by Crippen LogP contribution is -2.69. The predicted molar refractivity (Wildman–Crippen MR) is 142 cm³/mol. The summed E-state index contributed by atoms with van der Waals surface area (Å²) < 4.78 is 18.9. The van der Waals surface area contributed by atoms with Crippen molar-refractivity contribution >= 4 is 10.9 Å². The number of alkyl halides is 1. The van der Waals surface area contributed by atoms with E-state index in [0.29, 0.717) is 18.0 Å². The molecular formula is C31H38FN3O. The van der Waals surface area contributed by atoms with Crippen molar-refractivity contribution in [2.45, 2.75) is 75.6 Å². The smallest absolute Gasteiger partial charge is 0.119 e. The molecule has 0 unspecified atom stereocenters. The zero-order valence-electron chi connectivity index (χ0n) is 21.4. The average molecular weight is 488 g/mol. The molecule has 4 nitrogen and oxygen atoms in total. The summed E-state index contributed by atoms with van der Waals surface area (Å²) in [6.07, 6.45) is 8.43. The normalized spacial score (nSPS) is 32.1. The van der Waals surface area contributed by atoms with Gasteiger partial charge in [0.25, 0.3) is 0 Å². The Labute approximate surface area is 213 Å². The first-order valence-corrected chi connectivity index (χ1v) is 14.1. The second-order valence-electron chi connectivity index (χ2n) is 11.7. The zero-order valence-corrected chi connectivity index (χ0v) is 21.4. The molecule has 2 aliphatic heterocycles. The molecule has 0 spiro atoms. The summed E-state index contributed by atoms with van der Waals surface area (Å²) in [5.74, 6) is 1.82. The molecule has 5 heteroatoms. The minimum atomic E-state index is -0.236. The summed E-state index contributed by atoms with van der Waals surface area (Å²) in [5.41, 5.74) is 5.92. The fourth-order valence-corrected chi connectivity index (χ4v) is 7.89. The van der Waals surface area contributed by atoms with E-state index in [2.05, 4.69) is 70.2 Å². The summed E-state index contributed by atoms with van der Waals surface area (Å²) in [6, 6.07) is 18.6. The van der Waals surface area contributed by atoms with Crippen LogP contribution < -0.4 is 4.74 Å². The van der Waals surface area contributed by atoms with Gasteiger partial charge in [-0.1, -0.05) is 30.3 Å². The highest BCUT2D eigenvalue weighted by molar-refractivity contribution is 5.85. The van der Waals surface area contributed by atoms with Gasteiger partial charge in [0.15, 0.2) is 0 Å². The quantitative estimate of drug-likeness (QED) is 0.427. The molecule has 0 radical (unpaired) electrons. The molecule has 1 aromatic heterocycles. The van der Waals surface area contributed by atoms with E-state index in [-0.39, 0.29) is 18.8 Å². The minimum absolute atomic E-state index is 0.201. The number of halogens is 1. The van der Waals surface area contributed by atoms with E-state index in [1.54, 1.807) is 0 Å². The van der Waals surface area contributed by atoms with Crippen LogP contribution in [0, 0.1) is 5.92 Å². The van der Waals surface area contributed by atoms with Crippen LogP contribution in [0.15, 0.2) is 48.5 Å². The maximum absolute atomic E-state index is 12.5. The van der Waals surface area contributed by atoms with Gasteiger partial charge in [0.1, 0.15) is 11.9 Å². The highest BCUT2D eigenvalue weighted by Crippen LogP contribution is 2.61. The van der Waals surface area contributed by atoms with Gasteiger partial charge in [0, 0.05) is 47.8 Å². The van der Waals surface area contributed by atoms with Crippen LogP contribution in [0.2, 0.25) is 0 Å². The molecule has 3 atom stereocenters. The first-order chi connectivity index (χ1) is 17.7. The Morgan fingerprint density at radius 2 is 1.86 bits per heavy atom. The Hall–Kier alpha value is -2.37. The number of hydrogen-bond acceptors (Lipinski definition) is 3. The fourth-order valence-electron chi connectivity index (χ4n) is 7.89. The van der Waals surface area contributed by atoms with E-state index in [0.717, 1.165) is 44.1 Å². The third kappa shape index (κ3) is 3.53. The Kier molecular flexibility index (Phi) is 5.62. The molecule has 4 aliphatic rings. The maximum Gasteiger partial charge on any atom is 0.119 e. The topological polar surface area (TPSA) is 31.5 Å². The lowest BCUT2D eigenvalue weighted by atomic mass is 9.51. The average Bonchev–Trinajstić information content (AvgIpc) is 3.49. The van der Waals surface area contributed by atoms with Crippen LogP contribution in [0.3, 0.4) is 0 Å². The van der Waals surface area contributed by atoms with Crippen molar-refractivity contribution in [1.29, 1.82) is 0 Å². The van der Waals surface area contributed by atoms with Gasteiger partial charge in [-0.25, -0.2) is 0 Å². The number of ether oxygens (including phenoxy) is 1. The van der Waals surface area contributed by atoms with Crippen LogP contribution in [0.1, 0.15) is 68.3 Å². The molecule has 2 saturated carbocycles. The Bertz CT molecular complexity index is 1230. The van der Waals surface area contributed by atoms with Crippen molar-refractivity contribution in [3.63, 3.8) is 0 Å². The number of rotatable bonds is 7. The number of nitrogens with zero attached hydrogens (tertiary/aromatic N) is 2. The van der Waals surface area contributed by atoms with Crippen LogP contribution in [0.25, 0.3) is 10.9 Å². The van der Waals surface area contributed by atoms with E-state index >= 15 is 0 Å². The second kappa shape index (κ2) is 8.88. The summed E-state index contributed by atoms with van der Waals surface area (Å²) in [5, 5.41) is 1.39. The van der Waals surface area contributed by atoms with Gasteiger partial charge in [-0.2, -0.15) is 0 Å². The van der Waals surface area contributed by atoms with Crippen molar-refractivity contribution in [1.82, 2.24) is 14.8 Å². The van der Waals surface area contributed by atoms with Crippen molar-refractivity contribution in [3.8, 4) is 5.75 Å². The monoisotopic (exact) mass is 487 g/mol. The van der Waals surface area contributed by atoms with Crippen molar-refractivity contribution in [2.24, 2.45) is 5.92 Å². The van der Waals surface area contributed by atoms with Gasteiger partial charge in [0.05, 0.1) is 12.7 Å². The lowest BCUT2D eigenvalue weighted by Gasteiger charge is -2.67. The third-order valence-electron chi connectivity index (χ3n) is 9.83. The second-order valence-corrected chi connectivity index (χ2v) is 11.7. The van der Waals surface area contributed by atoms with Crippen molar-refractivity contribution < 1.29 is 9.13 Å². The minimum Gasteiger partial charge on any atom is -0.489 e. The molecule has 1 N–H and O–H groups in total. The Balaban J connectivity index is 1.19. The maximum atomic E-state index is 12.5. The molecule has 3 heterocycles. The van der Waals surface area contributed by atoms with Gasteiger partial charge < -0.3 is 9.72 Å². The molecule has 190 valence electrons. The van der Waals surface area contributed by atoms with Crippen LogP contribution in [-0.2, 0) is 6.42 Å². The number of aromatic amines is 1. The highest BCUT2D eigenvalue weighted by Gasteiger charge is 2.60. The number of para-hydroxylation sites is 1. The van der Waals surface area contributed by atoms with E-state index in [4.69, 9.17) is 4.74 Å². The molecule has 3 aromatic rings. The van der Waals surface area contributed by atoms with Gasteiger partial charge in [-0.05, 0) is 87.1 Å². The molecule has 0 bridgehead atoms. The highest BCUT2D eigenvalue weighted by atomic mass is 19.1. The molecule has 7 rings (SSSR count).